The van der Waals surface area contributed by atoms with Crippen molar-refractivity contribution in [2.24, 2.45) is 92.5 Å². The molecule has 8 nitrogen and oxygen atoms in total. The molecular formula is C64H81N3O5. The number of aliphatic hydroxyl groups excluding tert-OH is 1. The molecule has 17 aliphatic rings. The third-order valence-corrected chi connectivity index (χ3v) is 26.3. The molecule has 5 saturated carbocycles. The highest BCUT2D eigenvalue weighted by atomic mass is 16.6. The van der Waals surface area contributed by atoms with Gasteiger partial charge in [-0.15, -0.1) is 0 Å². The van der Waals surface area contributed by atoms with E-state index in [9.17, 15) is 5.11 Å². The van der Waals surface area contributed by atoms with Crippen LogP contribution >= 0.6 is 0 Å². The molecule has 8 heterocycles. The number of carbonyl (C=O) groups excluding carboxylic acids is 2. The van der Waals surface area contributed by atoms with Crippen LogP contribution in [0, 0.1) is 86.8 Å². The molecule has 0 amide bonds. The first kappa shape index (κ1) is 43.8. The molecule has 5 saturated heterocycles. The van der Waals surface area contributed by atoms with Crippen molar-refractivity contribution in [1.29, 1.82) is 0 Å². The number of ether oxygens (including phenoxy) is 2. The average molecular weight is 972 g/mol. The van der Waals surface area contributed by atoms with E-state index >= 15 is 9.59 Å². The lowest BCUT2D eigenvalue weighted by molar-refractivity contribution is -0.282. The fourth-order valence-corrected chi connectivity index (χ4v) is 24.4. The third kappa shape index (κ3) is 5.00. The summed E-state index contributed by atoms with van der Waals surface area (Å²) >= 11 is 0. The SMILES string of the molecule is CC1CC2=C3C4C5=C6C(C=CC(C7CCCCC7)CC7C68C(=O)OC(=C(O)C6CC9CCC%10(CCC%11(CCCC%11)C%10)C6N6CC%10CC(CN3C%10CC2)C96)C8(CC5)C72OC(=O)c3c(CCCN)cccc32)CC14. The molecule has 8 aliphatic heterocycles. The van der Waals surface area contributed by atoms with Gasteiger partial charge in [0.05, 0.1) is 11.0 Å². The second-order valence-corrected chi connectivity index (χ2v) is 28.5. The Morgan fingerprint density at radius 3 is 2.58 bits per heavy atom. The number of benzene rings is 1. The first-order valence-electron chi connectivity index (χ1n) is 30.5. The van der Waals surface area contributed by atoms with Gasteiger partial charge >= 0.3 is 11.9 Å². The van der Waals surface area contributed by atoms with Crippen LogP contribution in [-0.4, -0.2) is 64.6 Å². The van der Waals surface area contributed by atoms with Crippen molar-refractivity contribution in [3.63, 3.8) is 0 Å². The molecule has 0 aromatic heterocycles. The molecule has 9 bridgehead atoms. The summed E-state index contributed by atoms with van der Waals surface area (Å²) in [4.78, 5) is 38.4. The van der Waals surface area contributed by atoms with Gasteiger partial charge in [-0.1, -0.05) is 80.5 Å². The van der Waals surface area contributed by atoms with Gasteiger partial charge in [-0.2, -0.15) is 0 Å². The number of aryl methyl sites for hydroxylation is 1. The zero-order chi connectivity index (χ0) is 47.8. The first-order valence-corrected chi connectivity index (χ1v) is 30.5. The van der Waals surface area contributed by atoms with Gasteiger partial charge in [0.1, 0.15) is 11.2 Å². The Kier molecular flexibility index (Phi) is 8.99. The molecule has 1 aromatic rings. The first-order chi connectivity index (χ1) is 35.2. The minimum absolute atomic E-state index is 0.112. The van der Waals surface area contributed by atoms with Gasteiger partial charge in [0, 0.05) is 60.2 Å². The monoisotopic (exact) mass is 972 g/mol. The standard InChI is InChI=1S/C64H81N3O5/c1-35-27-40-16-17-48-42-28-43-33-66(48)54(40)51-44-19-23-62-57(55(68)46-30-41-18-22-61(56(46)67(32-42)53(41)43)25-24-60(34-61)20-5-6-21-60)71-59(70)63(62)49(64(62)47-13-7-11-37(12-8-26-65)50(47)58(69)72-64)31-38(36-9-3-2-4-10-36)14-15-39(52(44)63)29-45(35)51/h7,11,13-15,35-36,38-39,41-43,45-46,48-49,51,53,56,68H,2-6,8-10,12,16-34,65H2,1H3. The number of hydrogen-bond acceptors (Lipinski definition) is 8. The van der Waals surface area contributed by atoms with Crippen molar-refractivity contribution in [3.05, 3.63) is 81.0 Å². The lowest BCUT2D eigenvalue weighted by Crippen LogP contribution is -2.78. The number of piperidine rings is 3. The molecule has 1 aromatic carbocycles. The highest BCUT2D eigenvalue weighted by Crippen LogP contribution is 2.88. The van der Waals surface area contributed by atoms with E-state index in [4.69, 9.17) is 15.2 Å². The Morgan fingerprint density at radius 2 is 1.72 bits per heavy atom. The van der Waals surface area contributed by atoms with Gasteiger partial charge in [0.2, 0.25) is 0 Å². The number of allylic oxidation sites excluding steroid dienone is 4. The molecule has 17 atom stereocenters. The number of nitrogens with zero attached hydrogens (tertiary/aromatic N) is 2. The number of esters is 2. The van der Waals surface area contributed by atoms with Crippen LogP contribution in [0.1, 0.15) is 183 Å². The van der Waals surface area contributed by atoms with E-state index < -0.39 is 16.4 Å². The number of carbonyl (C=O) groups is 2. The van der Waals surface area contributed by atoms with Crippen LogP contribution in [0.3, 0.4) is 0 Å². The predicted molar refractivity (Wildman–Crippen MR) is 275 cm³/mol. The largest absolute Gasteiger partial charge is 0.508 e. The van der Waals surface area contributed by atoms with Crippen LogP contribution in [0.15, 0.2) is 64.3 Å². The minimum atomic E-state index is -1.13. The number of rotatable bonds is 4. The van der Waals surface area contributed by atoms with Crippen molar-refractivity contribution in [2.75, 3.05) is 19.6 Å². The van der Waals surface area contributed by atoms with Crippen LogP contribution in [0.2, 0.25) is 0 Å². The lowest BCUT2D eigenvalue weighted by Gasteiger charge is -2.73. The highest BCUT2D eigenvalue weighted by Gasteiger charge is 2.94. The van der Waals surface area contributed by atoms with Crippen LogP contribution in [-0.2, 0) is 26.3 Å². The smallest absolute Gasteiger partial charge is 0.339 e. The number of nitrogens with two attached hydrogens (primary N) is 1. The minimum Gasteiger partial charge on any atom is -0.508 e. The van der Waals surface area contributed by atoms with Crippen LogP contribution in [0.4, 0.5) is 0 Å². The maximum absolute atomic E-state index is 16.8. The molecule has 5 spiro atoms. The summed E-state index contributed by atoms with van der Waals surface area (Å²) in [7, 11) is 0. The number of hydrogen-bond donors (Lipinski definition) is 2. The van der Waals surface area contributed by atoms with Crippen molar-refractivity contribution in [3.8, 4) is 0 Å². The van der Waals surface area contributed by atoms with E-state index in [1.807, 2.05) is 0 Å². The van der Waals surface area contributed by atoms with E-state index in [1.54, 1.807) is 16.8 Å². The van der Waals surface area contributed by atoms with Crippen LogP contribution < -0.4 is 5.73 Å². The fraction of sp³-hybridized carbons (Fsp3) is 0.750. The van der Waals surface area contributed by atoms with E-state index in [2.05, 4.69) is 47.1 Å². The van der Waals surface area contributed by atoms with Gasteiger partial charge < -0.3 is 25.2 Å². The Morgan fingerprint density at radius 1 is 0.847 bits per heavy atom. The zero-order valence-electron chi connectivity index (χ0n) is 43.3. The van der Waals surface area contributed by atoms with Crippen molar-refractivity contribution in [1.82, 2.24) is 9.80 Å². The van der Waals surface area contributed by atoms with Gasteiger partial charge in [0.15, 0.2) is 11.4 Å². The topological polar surface area (TPSA) is 105 Å². The maximum atomic E-state index is 16.8. The fourth-order valence-electron chi connectivity index (χ4n) is 24.4. The molecule has 382 valence electrons. The van der Waals surface area contributed by atoms with Crippen molar-refractivity contribution in [2.45, 2.75) is 191 Å². The summed E-state index contributed by atoms with van der Waals surface area (Å²) in [5.74, 6) is 4.25. The molecule has 10 fully saturated rings. The van der Waals surface area contributed by atoms with Gasteiger partial charge in [-0.05, 0) is 204 Å². The maximum Gasteiger partial charge on any atom is 0.339 e. The van der Waals surface area contributed by atoms with Crippen LogP contribution in [0.25, 0.3) is 0 Å². The van der Waals surface area contributed by atoms with E-state index in [-0.39, 0.29) is 47.1 Å². The van der Waals surface area contributed by atoms with E-state index in [0.717, 1.165) is 49.8 Å². The summed E-state index contributed by atoms with van der Waals surface area (Å²) in [6.45, 7) is 5.47. The van der Waals surface area contributed by atoms with Crippen molar-refractivity contribution < 1.29 is 24.2 Å². The molecule has 0 radical (unpaired) electrons. The normalized spacial score (nSPS) is 48.5. The number of aliphatic hydroxyl groups is 1. The highest BCUT2D eigenvalue weighted by molar-refractivity contribution is 6.00. The van der Waals surface area contributed by atoms with E-state index in [0.29, 0.717) is 95.4 Å². The second-order valence-electron chi connectivity index (χ2n) is 28.5. The third-order valence-electron chi connectivity index (χ3n) is 26.3. The molecule has 72 heavy (non-hydrogen) atoms. The average Bonchev–Trinajstić information content (AvgIpc) is 4.13. The molecule has 3 N–H and O–H groups in total. The summed E-state index contributed by atoms with van der Waals surface area (Å²) in [6.07, 6.45) is 34.3. The van der Waals surface area contributed by atoms with Crippen molar-refractivity contribution >= 4 is 11.9 Å². The predicted octanol–water partition coefficient (Wildman–Crippen LogP) is 12.0. The molecule has 18 rings (SSSR count). The zero-order valence-corrected chi connectivity index (χ0v) is 43.3. The summed E-state index contributed by atoms with van der Waals surface area (Å²) < 4.78 is 15.0. The van der Waals surface area contributed by atoms with E-state index in [1.165, 1.54) is 128 Å². The Balaban J connectivity index is 0.969. The summed E-state index contributed by atoms with van der Waals surface area (Å²) in [5.41, 5.74) is 12.7. The molecule has 8 heteroatoms. The molecule has 9 aliphatic carbocycles. The Labute approximate surface area is 428 Å². The molecular weight excluding hydrogens is 891 g/mol. The molecule has 17 unspecified atom stereocenters. The summed E-state index contributed by atoms with van der Waals surface area (Å²) in [5, 5.41) is 14.4. The lowest BCUT2D eigenvalue weighted by atomic mass is 9.27. The quantitative estimate of drug-likeness (QED) is 0.227. The van der Waals surface area contributed by atoms with Crippen LogP contribution in [0.5, 0.6) is 0 Å². The summed E-state index contributed by atoms with van der Waals surface area (Å²) in [6, 6.07) is 7.83. The second kappa shape index (κ2) is 14.8. The number of fused-ring (bicyclic) bond motifs is 7. The Bertz CT molecular complexity index is 2720. The van der Waals surface area contributed by atoms with Gasteiger partial charge in [-0.3, -0.25) is 9.69 Å². The Hall–Kier alpha value is -3.36. The van der Waals surface area contributed by atoms with Gasteiger partial charge in [-0.25, -0.2) is 4.79 Å². The van der Waals surface area contributed by atoms with Gasteiger partial charge in [0.25, 0.3) is 0 Å².